The molecule has 1 N–H and O–H groups in total. The summed E-state index contributed by atoms with van der Waals surface area (Å²) in [6, 6.07) is 14.9. The van der Waals surface area contributed by atoms with Crippen LogP contribution in [0.3, 0.4) is 0 Å². The van der Waals surface area contributed by atoms with Crippen molar-refractivity contribution in [3.8, 4) is 11.5 Å². The lowest BCUT2D eigenvalue weighted by molar-refractivity contribution is -0.123. The van der Waals surface area contributed by atoms with Crippen molar-refractivity contribution >= 4 is 21.8 Å². The van der Waals surface area contributed by atoms with Crippen molar-refractivity contribution in [1.29, 1.82) is 0 Å². The van der Waals surface area contributed by atoms with Crippen molar-refractivity contribution in [1.82, 2.24) is 5.32 Å². The third-order valence-electron chi connectivity index (χ3n) is 2.81. The van der Waals surface area contributed by atoms with Crippen molar-refractivity contribution in [3.05, 3.63) is 58.6 Å². The number of ether oxygens (including phenoxy) is 2. The lowest BCUT2D eigenvalue weighted by Crippen LogP contribution is -2.28. The molecule has 0 aliphatic carbocycles. The number of amides is 1. The predicted molar refractivity (Wildman–Crippen MR) is 84.5 cm³/mol. The van der Waals surface area contributed by atoms with Gasteiger partial charge in [0.25, 0.3) is 5.91 Å². The van der Waals surface area contributed by atoms with E-state index in [4.69, 9.17) is 9.47 Å². The number of benzene rings is 2. The summed E-state index contributed by atoms with van der Waals surface area (Å²) in [5.41, 5.74) is 0.978. The minimum Gasteiger partial charge on any atom is -0.497 e. The molecule has 2 rings (SSSR count). The molecule has 0 heterocycles. The molecule has 0 atom stereocenters. The van der Waals surface area contributed by atoms with Crippen LogP contribution in [0.2, 0.25) is 0 Å². The van der Waals surface area contributed by atoms with Gasteiger partial charge in [-0.05, 0) is 42.0 Å². The number of carbonyl (C=O) groups is 1. The highest BCUT2D eigenvalue weighted by atomic mass is 79.9. The molecule has 0 spiro atoms. The zero-order chi connectivity index (χ0) is 15.1. The maximum absolute atomic E-state index is 11.7. The van der Waals surface area contributed by atoms with Gasteiger partial charge in [0.2, 0.25) is 0 Å². The largest absolute Gasteiger partial charge is 0.497 e. The van der Waals surface area contributed by atoms with E-state index in [1.54, 1.807) is 19.2 Å². The van der Waals surface area contributed by atoms with Gasteiger partial charge < -0.3 is 14.8 Å². The summed E-state index contributed by atoms with van der Waals surface area (Å²) in [4.78, 5) is 11.7. The highest BCUT2D eigenvalue weighted by Crippen LogP contribution is 2.16. The molecule has 0 aliphatic heterocycles. The number of hydrogen-bond acceptors (Lipinski definition) is 3. The fraction of sp³-hybridized carbons (Fsp3) is 0.188. The highest BCUT2D eigenvalue weighted by molar-refractivity contribution is 9.10. The molecule has 0 unspecified atom stereocenters. The molecular formula is C16H16BrNO3. The van der Waals surface area contributed by atoms with E-state index in [9.17, 15) is 4.79 Å². The Bertz CT molecular complexity index is 599. The molecule has 110 valence electrons. The van der Waals surface area contributed by atoms with E-state index >= 15 is 0 Å². The van der Waals surface area contributed by atoms with Crippen molar-refractivity contribution in [2.75, 3.05) is 13.7 Å². The quantitative estimate of drug-likeness (QED) is 0.871. The van der Waals surface area contributed by atoms with Crippen molar-refractivity contribution in [2.45, 2.75) is 6.54 Å². The molecule has 5 heteroatoms. The van der Waals surface area contributed by atoms with Gasteiger partial charge in [-0.15, -0.1) is 0 Å². The van der Waals surface area contributed by atoms with Crippen LogP contribution in [0, 0.1) is 0 Å². The van der Waals surface area contributed by atoms with Gasteiger partial charge in [0, 0.05) is 11.0 Å². The van der Waals surface area contributed by atoms with Crippen LogP contribution >= 0.6 is 15.9 Å². The van der Waals surface area contributed by atoms with Gasteiger partial charge in [-0.1, -0.05) is 28.1 Å². The molecule has 0 aromatic heterocycles. The highest BCUT2D eigenvalue weighted by Gasteiger charge is 2.03. The third-order valence-corrected chi connectivity index (χ3v) is 3.34. The summed E-state index contributed by atoms with van der Waals surface area (Å²) in [6.45, 7) is 0.436. The number of hydrogen-bond donors (Lipinski definition) is 1. The maximum atomic E-state index is 11.7. The number of nitrogens with one attached hydrogen (secondary N) is 1. The van der Waals surface area contributed by atoms with Crippen LogP contribution in [0.5, 0.6) is 11.5 Å². The van der Waals surface area contributed by atoms with Crippen LogP contribution in [0.25, 0.3) is 0 Å². The summed E-state index contributed by atoms with van der Waals surface area (Å²) in [7, 11) is 1.61. The van der Waals surface area contributed by atoms with E-state index in [0.717, 1.165) is 15.8 Å². The summed E-state index contributed by atoms with van der Waals surface area (Å²) >= 11 is 3.34. The van der Waals surface area contributed by atoms with Gasteiger partial charge in [0.05, 0.1) is 7.11 Å². The second-order valence-electron chi connectivity index (χ2n) is 4.37. The molecule has 0 saturated carbocycles. The van der Waals surface area contributed by atoms with Crippen LogP contribution in [-0.4, -0.2) is 19.6 Å². The first-order valence-corrected chi connectivity index (χ1v) is 7.24. The molecule has 21 heavy (non-hydrogen) atoms. The van der Waals surface area contributed by atoms with Gasteiger partial charge >= 0.3 is 0 Å². The first-order chi connectivity index (χ1) is 10.2. The van der Waals surface area contributed by atoms with Gasteiger partial charge in [-0.25, -0.2) is 0 Å². The second-order valence-corrected chi connectivity index (χ2v) is 5.29. The molecule has 2 aromatic rings. The Morgan fingerprint density at radius 2 is 1.90 bits per heavy atom. The van der Waals surface area contributed by atoms with Gasteiger partial charge in [0.1, 0.15) is 11.5 Å². The summed E-state index contributed by atoms with van der Waals surface area (Å²) in [6.07, 6.45) is 0. The Kier molecular flexibility index (Phi) is 5.63. The normalized spacial score (nSPS) is 10.0. The Morgan fingerprint density at radius 3 is 2.62 bits per heavy atom. The molecule has 0 radical (unpaired) electrons. The van der Waals surface area contributed by atoms with E-state index in [-0.39, 0.29) is 12.5 Å². The zero-order valence-electron chi connectivity index (χ0n) is 11.6. The second kappa shape index (κ2) is 7.69. The monoisotopic (exact) mass is 349 g/mol. The van der Waals surface area contributed by atoms with Crippen LogP contribution in [0.15, 0.2) is 53.0 Å². The Balaban J connectivity index is 1.78. The minimum atomic E-state index is -0.166. The summed E-state index contributed by atoms with van der Waals surface area (Å²) < 4.78 is 11.5. The van der Waals surface area contributed by atoms with E-state index < -0.39 is 0 Å². The van der Waals surface area contributed by atoms with Crippen molar-refractivity contribution in [2.24, 2.45) is 0 Å². The van der Waals surface area contributed by atoms with Gasteiger partial charge in [-0.3, -0.25) is 4.79 Å². The van der Waals surface area contributed by atoms with Crippen molar-refractivity contribution < 1.29 is 14.3 Å². The average molecular weight is 350 g/mol. The van der Waals surface area contributed by atoms with Crippen molar-refractivity contribution in [3.63, 3.8) is 0 Å². The Hall–Kier alpha value is -2.01. The van der Waals surface area contributed by atoms with Crippen LogP contribution in [-0.2, 0) is 11.3 Å². The van der Waals surface area contributed by atoms with Gasteiger partial charge in [0.15, 0.2) is 6.61 Å². The number of carbonyl (C=O) groups excluding carboxylic acids is 1. The fourth-order valence-electron chi connectivity index (χ4n) is 1.71. The average Bonchev–Trinajstić information content (AvgIpc) is 2.52. The molecule has 4 nitrogen and oxygen atoms in total. The standard InChI is InChI=1S/C16H16BrNO3/c1-20-15-4-2-3-12(9-15)10-18-16(19)11-21-14-7-5-13(17)6-8-14/h2-9H,10-11H2,1H3,(H,18,19). The van der Waals surface area contributed by atoms with Crippen LogP contribution < -0.4 is 14.8 Å². The van der Waals surface area contributed by atoms with Gasteiger partial charge in [-0.2, -0.15) is 0 Å². The molecule has 0 bridgehead atoms. The molecule has 1 amide bonds. The topological polar surface area (TPSA) is 47.6 Å². The number of rotatable bonds is 6. The van der Waals surface area contributed by atoms with Crippen LogP contribution in [0.4, 0.5) is 0 Å². The molecule has 2 aromatic carbocycles. The zero-order valence-corrected chi connectivity index (χ0v) is 13.2. The lowest BCUT2D eigenvalue weighted by Gasteiger charge is -2.08. The SMILES string of the molecule is COc1cccc(CNC(=O)COc2ccc(Br)cc2)c1. The number of halogens is 1. The van der Waals surface area contributed by atoms with E-state index in [2.05, 4.69) is 21.2 Å². The fourth-order valence-corrected chi connectivity index (χ4v) is 1.98. The predicted octanol–water partition coefficient (Wildman–Crippen LogP) is 3.15. The maximum Gasteiger partial charge on any atom is 0.258 e. The Labute approximate surface area is 132 Å². The molecular weight excluding hydrogens is 334 g/mol. The molecule has 0 fully saturated rings. The Morgan fingerprint density at radius 1 is 1.14 bits per heavy atom. The smallest absolute Gasteiger partial charge is 0.258 e. The summed E-state index contributed by atoms with van der Waals surface area (Å²) in [5, 5.41) is 2.80. The third kappa shape index (κ3) is 5.11. The van der Waals surface area contributed by atoms with E-state index in [1.165, 1.54) is 0 Å². The lowest BCUT2D eigenvalue weighted by atomic mass is 10.2. The van der Waals surface area contributed by atoms with Crippen LogP contribution in [0.1, 0.15) is 5.56 Å². The molecule has 0 aliphatic rings. The minimum absolute atomic E-state index is 0.00833. The first-order valence-electron chi connectivity index (χ1n) is 6.45. The van der Waals surface area contributed by atoms with E-state index in [1.807, 2.05) is 36.4 Å². The molecule has 0 saturated heterocycles. The number of methoxy groups -OCH3 is 1. The summed E-state index contributed by atoms with van der Waals surface area (Å²) in [5.74, 6) is 1.27. The van der Waals surface area contributed by atoms with E-state index in [0.29, 0.717) is 12.3 Å². The first kappa shape index (κ1) is 15.4.